The Balaban J connectivity index is 1.70. The fraction of sp³-hybridized carbons (Fsp3) is 0.316. The number of rotatable bonds is 6. The molecule has 0 aliphatic rings. The predicted molar refractivity (Wildman–Crippen MR) is 101 cm³/mol. The van der Waals surface area contributed by atoms with Crippen LogP contribution in [-0.4, -0.2) is 18.0 Å². The lowest BCUT2D eigenvalue weighted by molar-refractivity contribution is -0.121. The number of ether oxygens (including phenoxy) is 1. The fourth-order valence-electron chi connectivity index (χ4n) is 2.80. The molecule has 1 aromatic carbocycles. The van der Waals surface area contributed by atoms with E-state index in [1.54, 1.807) is 24.5 Å². The lowest BCUT2D eigenvalue weighted by atomic mass is 10.0. The molecule has 0 unspecified atom stereocenters. The summed E-state index contributed by atoms with van der Waals surface area (Å²) in [6.07, 6.45) is 0.550. The van der Waals surface area contributed by atoms with Crippen LogP contribution >= 0.6 is 11.3 Å². The van der Waals surface area contributed by atoms with E-state index in [-0.39, 0.29) is 12.3 Å². The first-order valence-electron chi connectivity index (χ1n) is 8.26. The van der Waals surface area contributed by atoms with Crippen LogP contribution in [0.2, 0.25) is 0 Å². The van der Waals surface area contributed by atoms with Gasteiger partial charge in [-0.2, -0.15) is 0 Å². The standard InChI is InChI=1S/C19H20N2O4S/c1-11-15-5-4-14(24-3)8-17(15)25-19(23)16(11)6-7-18(22)20-9-13-10-26-12(2)21-13/h4-5,8,10H,6-7,9H2,1-3H3,(H,20,22). The average molecular weight is 372 g/mol. The Morgan fingerprint density at radius 3 is 2.85 bits per heavy atom. The maximum absolute atomic E-state index is 12.3. The van der Waals surface area contributed by atoms with Crippen LogP contribution in [0.1, 0.15) is 28.2 Å². The van der Waals surface area contributed by atoms with Crippen molar-refractivity contribution in [1.29, 1.82) is 0 Å². The van der Waals surface area contributed by atoms with Gasteiger partial charge in [-0.3, -0.25) is 4.79 Å². The van der Waals surface area contributed by atoms with Crippen LogP contribution in [0.3, 0.4) is 0 Å². The van der Waals surface area contributed by atoms with E-state index < -0.39 is 5.63 Å². The Hall–Kier alpha value is -2.67. The molecule has 0 saturated carbocycles. The second kappa shape index (κ2) is 7.70. The van der Waals surface area contributed by atoms with E-state index in [1.165, 1.54) is 0 Å². The molecule has 0 saturated heterocycles. The Bertz CT molecular complexity index is 1010. The lowest BCUT2D eigenvalue weighted by Crippen LogP contribution is -2.24. The summed E-state index contributed by atoms with van der Waals surface area (Å²) in [5.74, 6) is 0.508. The summed E-state index contributed by atoms with van der Waals surface area (Å²) in [4.78, 5) is 28.7. The van der Waals surface area contributed by atoms with Crippen LogP contribution in [0.5, 0.6) is 5.75 Å². The van der Waals surface area contributed by atoms with E-state index in [0.29, 0.717) is 29.9 Å². The molecule has 0 bridgehead atoms. The molecule has 0 spiro atoms. The van der Waals surface area contributed by atoms with Gasteiger partial charge in [-0.15, -0.1) is 11.3 Å². The number of methoxy groups -OCH3 is 1. The monoisotopic (exact) mass is 372 g/mol. The minimum atomic E-state index is -0.411. The van der Waals surface area contributed by atoms with Crippen LogP contribution < -0.4 is 15.7 Å². The number of hydrogen-bond acceptors (Lipinski definition) is 6. The Labute approximate surface area is 154 Å². The van der Waals surface area contributed by atoms with E-state index >= 15 is 0 Å². The van der Waals surface area contributed by atoms with E-state index in [2.05, 4.69) is 10.3 Å². The van der Waals surface area contributed by atoms with Gasteiger partial charge in [0.05, 0.1) is 24.4 Å². The van der Waals surface area contributed by atoms with Crippen molar-refractivity contribution >= 4 is 28.2 Å². The molecule has 136 valence electrons. The smallest absolute Gasteiger partial charge is 0.339 e. The van der Waals surface area contributed by atoms with Gasteiger partial charge >= 0.3 is 5.63 Å². The normalized spacial score (nSPS) is 10.9. The molecule has 6 nitrogen and oxygen atoms in total. The highest BCUT2D eigenvalue weighted by atomic mass is 32.1. The van der Waals surface area contributed by atoms with Gasteiger partial charge in [0.25, 0.3) is 0 Å². The van der Waals surface area contributed by atoms with Crippen molar-refractivity contribution in [3.05, 3.63) is 55.8 Å². The lowest BCUT2D eigenvalue weighted by Gasteiger charge is -2.09. The van der Waals surface area contributed by atoms with E-state index in [4.69, 9.17) is 9.15 Å². The van der Waals surface area contributed by atoms with Crippen LogP contribution in [0.25, 0.3) is 11.0 Å². The van der Waals surface area contributed by atoms with Gasteiger partial charge in [-0.1, -0.05) is 0 Å². The third kappa shape index (κ3) is 3.94. The molecular formula is C19H20N2O4S. The number of fused-ring (bicyclic) bond motifs is 1. The highest BCUT2D eigenvalue weighted by Crippen LogP contribution is 2.24. The molecular weight excluding hydrogens is 352 g/mol. The minimum absolute atomic E-state index is 0.121. The zero-order valence-electron chi connectivity index (χ0n) is 14.9. The quantitative estimate of drug-likeness (QED) is 0.672. The van der Waals surface area contributed by atoms with Gasteiger partial charge in [0.2, 0.25) is 5.91 Å². The van der Waals surface area contributed by atoms with Crippen LogP contribution in [-0.2, 0) is 17.8 Å². The molecule has 3 rings (SSSR count). The summed E-state index contributed by atoms with van der Waals surface area (Å²) in [6.45, 7) is 4.19. The van der Waals surface area contributed by atoms with E-state index in [9.17, 15) is 9.59 Å². The van der Waals surface area contributed by atoms with Crippen molar-refractivity contribution in [2.24, 2.45) is 0 Å². The minimum Gasteiger partial charge on any atom is -0.497 e. The maximum atomic E-state index is 12.3. The first kappa shape index (κ1) is 18.1. The average Bonchev–Trinajstić information content (AvgIpc) is 3.04. The predicted octanol–water partition coefficient (Wildman–Crippen LogP) is 3.12. The van der Waals surface area contributed by atoms with Gasteiger partial charge in [0.15, 0.2) is 0 Å². The Kier molecular flexibility index (Phi) is 5.37. The molecule has 1 N–H and O–H groups in total. The Morgan fingerprint density at radius 1 is 1.35 bits per heavy atom. The van der Waals surface area contributed by atoms with Crippen molar-refractivity contribution in [3.63, 3.8) is 0 Å². The molecule has 0 aliphatic carbocycles. The summed E-state index contributed by atoms with van der Waals surface area (Å²) in [7, 11) is 1.56. The van der Waals surface area contributed by atoms with Gasteiger partial charge in [0, 0.05) is 28.8 Å². The molecule has 2 heterocycles. The number of carbonyl (C=O) groups is 1. The summed E-state index contributed by atoms with van der Waals surface area (Å²) >= 11 is 1.55. The van der Waals surface area contributed by atoms with Crippen molar-refractivity contribution in [3.8, 4) is 5.75 Å². The van der Waals surface area contributed by atoms with Gasteiger partial charge in [-0.25, -0.2) is 9.78 Å². The number of nitrogens with one attached hydrogen (secondary N) is 1. The van der Waals surface area contributed by atoms with E-state index in [1.807, 2.05) is 31.4 Å². The Morgan fingerprint density at radius 2 is 2.15 bits per heavy atom. The third-order valence-corrected chi connectivity index (χ3v) is 5.05. The summed E-state index contributed by atoms with van der Waals surface area (Å²) in [5, 5.41) is 6.57. The van der Waals surface area contributed by atoms with Crippen molar-refractivity contribution < 1.29 is 13.9 Å². The van der Waals surface area contributed by atoms with E-state index in [0.717, 1.165) is 21.7 Å². The molecule has 0 atom stereocenters. The molecule has 26 heavy (non-hydrogen) atoms. The summed E-state index contributed by atoms with van der Waals surface area (Å²) in [5.41, 5.74) is 2.28. The second-order valence-corrected chi connectivity index (χ2v) is 7.05. The zero-order chi connectivity index (χ0) is 18.7. The first-order chi connectivity index (χ1) is 12.5. The third-order valence-electron chi connectivity index (χ3n) is 4.23. The zero-order valence-corrected chi connectivity index (χ0v) is 15.7. The number of aromatic nitrogens is 1. The summed E-state index contributed by atoms with van der Waals surface area (Å²) in [6, 6.07) is 5.37. The van der Waals surface area contributed by atoms with Crippen LogP contribution in [0.15, 0.2) is 32.8 Å². The van der Waals surface area contributed by atoms with Crippen molar-refractivity contribution in [1.82, 2.24) is 10.3 Å². The number of thiazole rings is 1. The SMILES string of the molecule is COc1ccc2c(C)c(CCC(=O)NCc3csc(C)n3)c(=O)oc2c1. The van der Waals surface area contributed by atoms with Crippen molar-refractivity contribution in [2.75, 3.05) is 7.11 Å². The number of benzene rings is 1. The van der Waals surface area contributed by atoms with Gasteiger partial charge in [0.1, 0.15) is 11.3 Å². The fourth-order valence-corrected chi connectivity index (χ4v) is 3.41. The van der Waals surface area contributed by atoms with Crippen LogP contribution in [0.4, 0.5) is 0 Å². The largest absolute Gasteiger partial charge is 0.497 e. The van der Waals surface area contributed by atoms with Gasteiger partial charge in [-0.05, 0) is 38.0 Å². The molecule has 3 aromatic rings. The molecule has 1 amide bonds. The maximum Gasteiger partial charge on any atom is 0.339 e. The topological polar surface area (TPSA) is 81.4 Å². The highest BCUT2D eigenvalue weighted by Gasteiger charge is 2.14. The molecule has 7 heteroatoms. The molecule has 0 radical (unpaired) electrons. The first-order valence-corrected chi connectivity index (χ1v) is 9.14. The summed E-state index contributed by atoms with van der Waals surface area (Å²) < 4.78 is 10.6. The van der Waals surface area contributed by atoms with Crippen molar-refractivity contribution in [2.45, 2.75) is 33.2 Å². The van der Waals surface area contributed by atoms with Gasteiger partial charge < -0.3 is 14.5 Å². The number of hydrogen-bond donors (Lipinski definition) is 1. The van der Waals surface area contributed by atoms with Crippen LogP contribution in [0, 0.1) is 13.8 Å². The molecule has 2 aromatic heterocycles. The number of nitrogens with zero attached hydrogens (tertiary/aromatic N) is 1. The molecule has 0 fully saturated rings. The highest BCUT2D eigenvalue weighted by molar-refractivity contribution is 7.09. The number of amides is 1. The number of carbonyl (C=O) groups excluding carboxylic acids is 1. The molecule has 0 aliphatic heterocycles. The second-order valence-electron chi connectivity index (χ2n) is 5.99. The number of aryl methyl sites for hydroxylation is 2.